The van der Waals surface area contributed by atoms with Gasteiger partial charge in [0.15, 0.2) is 0 Å². The molecule has 5 nitrogen and oxygen atoms in total. The third kappa shape index (κ3) is 4.85. The summed E-state index contributed by atoms with van der Waals surface area (Å²) in [4.78, 5) is 24.4. The lowest BCUT2D eigenvalue weighted by molar-refractivity contribution is 0.0577. The van der Waals surface area contributed by atoms with E-state index in [4.69, 9.17) is 5.11 Å². The van der Waals surface area contributed by atoms with Crippen molar-refractivity contribution in [3.05, 3.63) is 72.1 Å². The van der Waals surface area contributed by atoms with Crippen molar-refractivity contribution in [2.75, 3.05) is 13.7 Å². The number of carbonyl (C=O) groups excluding carboxylic acids is 1. The molecule has 2 unspecified atom stereocenters. The topological polar surface area (TPSA) is 66.3 Å². The lowest BCUT2D eigenvalue weighted by atomic mass is 9.83. The lowest BCUT2D eigenvalue weighted by Crippen LogP contribution is -2.45. The van der Waals surface area contributed by atoms with Crippen LogP contribution in [-0.4, -0.2) is 45.6 Å². The molecule has 1 aromatic heterocycles. The summed E-state index contributed by atoms with van der Waals surface area (Å²) in [5.74, 6) is 0.623. The van der Waals surface area contributed by atoms with E-state index in [-0.39, 0.29) is 11.9 Å². The minimum atomic E-state index is 0.0960. The molecule has 0 spiro atoms. The van der Waals surface area contributed by atoms with Crippen LogP contribution in [0, 0.1) is 0 Å². The predicted molar refractivity (Wildman–Crippen MR) is 120 cm³/mol. The van der Waals surface area contributed by atoms with Crippen molar-refractivity contribution in [3.63, 3.8) is 0 Å². The van der Waals surface area contributed by atoms with Gasteiger partial charge in [0.1, 0.15) is 5.52 Å². The van der Waals surface area contributed by atoms with Gasteiger partial charge in [0, 0.05) is 32.1 Å². The van der Waals surface area contributed by atoms with Crippen molar-refractivity contribution in [3.8, 4) is 0 Å². The standard InChI is InChI=1S/C24H27N3O.CH4O/c1-2-3-10-20-17-19(18-8-5-4-6-9-18)13-16-27(20)24(28)21-11-7-12-22-23(21)26-15-14-25-22;1-2/h4-9,11-12,14-15,19-20H,2-3,10,13,16-17H2,1H3;2H,1H3. The number of piperidine rings is 1. The smallest absolute Gasteiger partial charge is 0.256 e. The van der Waals surface area contributed by atoms with Gasteiger partial charge in [0.05, 0.1) is 11.1 Å². The molecule has 2 aromatic carbocycles. The molecule has 1 N–H and O–H groups in total. The molecule has 2 heterocycles. The fraction of sp³-hybridized carbons (Fsp3) is 0.400. The molecule has 1 aliphatic rings. The number of aliphatic hydroxyl groups is 1. The molecule has 1 saturated heterocycles. The summed E-state index contributed by atoms with van der Waals surface area (Å²) in [7, 11) is 1.00. The SMILES string of the molecule is CCCCC1CC(c2ccccc2)CCN1C(=O)c1cccc2nccnc12.CO. The Bertz CT molecular complexity index is 940. The van der Waals surface area contributed by atoms with Crippen LogP contribution in [0.3, 0.4) is 0 Å². The number of benzene rings is 2. The Morgan fingerprint density at radius 1 is 1.07 bits per heavy atom. The maximum Gasteiger partial charge on any atom is 0.256 e. The second-order valence-corrected chi connectivity index (χ2v) is 7.66. The summed E-state index contributed by atoms with van der Waals surface area (Å²) in [5.41, 5.74) is 3.55. The summed E-state index contributed by atoms with van der Waals surface area (Å²) < 4.78 is 0. The molecule has 4 rings (SSSR count). The summed E-state index contributed by atoms with van der Waals surface area (Å²) in [6.07, 6.45) is 8.73. The van der Waals surface area contributed by atoms with Crippen LogP contribution >= 0.6 is 0 Å². The van der Waals surface area contributed by atoms with Gasteiger partial charge in [-0.15, -0.1) is 0 Å². The number of nitrogens with zero attached hydrogens (tertiary/aromatic N) is 3. The number of aliphatic hydroxyl groups excluding tert-OH is 1. The molecule has 0 bridgehead atoms. The zero-order chi connectivity index (χ0) is 21.3. The first kappa shape index (κ1) is 21.9. The fourth-order valence-corrected chi connectivity index (χ4v) is 4.38. The van der Waals surface area contributed by atoms with Crippen LogP contribution in [0.25, 0.3) is 11.0 Å². The Balaban J connectivity index is 0.00000124. The van der Waals surface area contributed by atoms with E-state index >= 15 is 0 Å². The van der Waals surface area contributed by atoms with E-state index in [9.17, 15) is 4.79 Å². The Hall–Kier alpha value is -2.79. The average molecular weight is 406 g/mol. The summed E-state index contributed by atoms with van der Waals surface area (Å²) in [6.45, 7) is 3.01. The van der Waals surface area contributed by atoms with Crippen LogP contribution in [0.5, 0.6) is 0 Å². The van der Waals surface area contributed by atoms with E-state index in [2.05, 4.69) is 52.1 Å². The molecule has 5 heteroatoms. The highest BCUT2D eigenvalue weighted by Gasteiger charge is 2.33. The monoisotopic (exact) mass is 405 g/mol. The van der Waals surface area contributed by atoms with E-state index < -0.39 is 0 Å². The van der Waals surface area contributed by atoms with Crippen molar-refractivity contribution in [1.82, 2.24) is 14.9 Å². The number of fused-ring (bicyclic) bond motifs is 1. The molecule has 1 aliphatic heterocycles. The second kappa shape index (κ2) is 10.8. The van der Waals surface area contributed by atoms with Crippen LogP contribution < -0.4 is 0 Å². The number of para-hydroxylation sites is 1. The summed E-state index contributed by atoms with van der Waals surface area (Å²) in [6, 6.07) is 16.7. The number of carbonyl (C=O) groups is 1. The number of aromatic nitrogens is 2. The Morgan fingerprint density at radius 2 is 1.83 bits per heavy atom. The van der Waals surface area contributed by atoms with E-state index in [1.807, 2.05) is 18.2 Å². The van der Waals surface area contributed by atoms with E-state index in [1.54, 1.807) is 12.4 Å². The van der Waals surface area contributed by atoms with Crippen molar-refractivity contribution in [2.24, 2.45) is 0 Å². The van der Waals surface area contributed by atoms with Crippen molar-refractivity contribution in [2.45, 2.75) is 51.0 Å². The number of unbranched alkanes of at least 4 members (excludes halogenated alkanes) is 1. The van der Waals surface area contributed by atoms with Gasteiger partial charge in [-0.1, -0.05) is 56.2 Å². The molecule has 0 saturated carbocycles. The van der Waals surface area contributed by atoms with Gasteiger partial charge < -0.3 is 10.0 Å². The minimum absolute atomic E-state index is 0.0960. The molecular weight excluding hydrogens is 374 g/mol. The van der Waals surface area contributed by atoms with Gasteiger partial charge in [-0.05, 0) is 42.9 Å². The van der Waals surface area contributed by atoms with Gasteiger partial charge in [-0.2, -0.15) is 0 Å². The fourth-order valence-electron chi connectivity index (χ4n) is 4.38. The zero-order valence-electron chi connectivity index (χ0n) is 17.9. The molecule has 1 fully saturated rings. The van der Waals surface area contributed by atoms with Gasteiger partial charge in [-0.3, -0.25) is 14.8 Å². The third-order valence-electron chi connectivity index (χ3n) is 5.87. The van der Waals surface area contributed by atoms with Gasteiger partial charge >= 0.3 is 0 Å². The largest absolute Gasteiger partial charge is 0.400 e. The van der Waals surface area contributed by atoms with Crippen LogP contribution in [0.2, 0.25) is 0 Å². The molecular formula is C25H31N3O2. The van der Waals surface area contributed by atoms with Crippen molar-refractivity contribution < 1.29 is 9.90 Å². The van der Waals surface area contributed by atoms with Crippen LogP contribution in [0.15, 0.2) is 60.9 Å². The molecule has 158 valence electrons. The summed E-state index contributed by atoms with van der Waals surface area (Å²) in [5, 5.41) is 7.00. The Kier molecular flexibility index (Phi) is 7.91. The molecule has 1 amide bonds. The lowest BCUT2D eigenvalue weighted by Gasteiger charge is -2.40. The first-order valence-electron chi connectivity index (χ1n) is 10.8. The molecule has 30 heavy (non-hydrogen) atoms. The normalized spacial score (nSPS) is 18.6. The molecule has 2 atom stereocenters. The quantitative estimate of drug-likeness (QED) is 0.661. The van der Waals surface area contributed by atoms with E-state index in [0.717, 1.165) is 51.3 Å². The highest BCUT2D eigenvalue weighted by atomic mass is 16.2. The number of hydrogen-bond donors (Lipinski definition) is 1. The highest BCUT2D eigenvalue weighted by molar-refractivity contribution is 6.04. The maximum absolute atomic E-state index is 13.5. The van der Waals surface area contributed by atoms with Crippen molar-refractivity contribution >= 4 is 16.9 Å². The van der Waals surface area contributed by atoms with Gasteiger partial charge in [0.25, 0.3) is 5.91 Å². The summed E-state index contributed by atoms with van der Waals surface area (Å²) >= 11 is 0. The van der Waals surface area contributed by atoms with Gasteiger partial charge in [-0.25, -0.2) is 0 Å². The predicted octanol–water partition coefficient (Wildman–Crippen LogP) is 4.82. The number of amides is 1. The first-order chi connectivity index (χ1) is 14.8. The van der Waals surface area contributed by atoms with Crippen LogP contribution in [-0.2, 0) is 0 Å². The molecule has 0 radical (unpaired) electrons. The first-order valence-corrected chi connectivity index (χ1v) is 10.8. The second-order valence-electron chi connectivity index (χ2n) is 7.66. The molecule has 3 aromatic rings. The van der Waals surface area contributed by atoms with Gasteiger partial charge in [0.2, 0.25) is 0 Å². The van der Waals surface area contributed by atoms with Crippen molar-refractivity contribution in [1.29, 1.82) is 0 Å². The number of likely N-dealkylation sites (tertiary alicyclic amines) is 1. The zero-order valence-corrected chi connectivity index (χ0v) is 17.9. The Morgan fingerprint density at radius 3 is 2.60 bits per heavy atom. The molecule has 0 aliphatic carbocycles. The Labute approximate surface area is 178 Å². The number of rotatable bonds is 5. The van der Waals surface area contributed by atoms with Crippen LogP contribution in [0.1, 0.15) is 60.9 Å². The minimum Gasteiger partial charge on any atom is -0.400 e. The van der Waals surface area contributed by atoms with E-state index in [0.29, 0.717) is 17.0 Å². The number of hydrogen-bond acceptors (Lipinski definition) is 4. The average Bonchev–Trinajstić information content (AvgIpc) is 2.83. The van der Waals surface area contributed by atoms with E-state index in [1.165, 1.54) is 5.56 Å². The maximum atomic E-state index is 13.5. The van der Waals surface area contributed by atoms with Crippen LogP contribution in [0.4, 0.5) is 0 Å². The highest BCUT2D eigenvalue weighted by Crippen LogP contribution is 2.34. The third-order valence-corrected chi connectivity index (χ3v) is 5.87.